The van der Waals surface area contributed by atoms with Crippen LogP contribution < -0.4 is 5.32 Å². The van der Waals surface area contributed by atoms with Crippen LogP contribution in [0.4, 0.5) is 0 Å². The minimum Gasteiger partial charge on any atom is -0.468 e. The maximum absolute atomic E-state index is 11.4. The third-order valence-electron chi connectivity index (χ3n) is 2.21. The molecule has 0 fully saturated rings. The number of methoxy groups -OCH3 is 1. The molecule has 1 N–H and O–H groups in total. The molecule has 90 valence electrons. The lowest BCUT2D eigenvalue weighted by Gasteiger charge is -2.13. The van der Waals surface area contributed by atoms with Crippen molar-refractivity contribution in [2.45, 2.75) is 12.6 Å². The number of rotatable bonds is 6. The Bertz CT molecular complexity index is 401. The summed E-state index contributed by atoms with van der Waals surface area (Å²) in [7, 11) is 1.30. The molecule has 0 aliphatic heterocycles. The van der Waals surface area contributed by atoms with Gasteiger partial charge < -0.3 is 10.1 Å². The predicted octanol–water partition coefficient (Wildman–Crippen LogP) is 1.63. The maximum Gasteiger partial charge on any atom is 0.323 e. The lowest BCUT2D eigenvalue weighted by Crippen LogP contribution is -2.39. The van der Waals surface area contributed by atoms with Crippen LogP contribution in [-0.4, -0.2) is 25.7 Å². The molecule has 1 rings (SSSR count). The Morgan fingerprint density at radius 2 is 2.24 bits per heavy atom. The normalized spacial score (nSPS) is 11.4. The van der Waals surface area contributed by atoms with Crippen LogP contribution in [0.3, 0.4) is 0 Å². The SMILES string of the molecule is COC(=O)C(CN=[N+]=[N-])NCc1ccccc1. The Labute approximate surface area is 99.2 Å². The number of ether oxygens (including phenoxy) is 1. The van der Waals surface area contributed by atoms with Gasteiger partial charge in [-0.3, -0.25) is 4.79 Å². The second kappa shape index (κ2) is 7.27. The van der Waals surface area contributed by atoms with Crippen LogP contribution in [-0.2, 0) is 16.1 Å². The highest BCUT2D eigenvalue weighted by atomic mass is 16.5. The Balaban J connectivity index is 2.54. The average Bonchev–Trinajstić information content (AvgIpc) is 2.39. The molecule has 0 amide bonds. The topological polar surface area (TPSA) is 87.1 Å². The van der Waals surface area contributed by atoms with Crippen molar-refractivity contribution < 1.29 is 9.53 Å². The highest BCUT2D eigenvalue weighted by Gasteiger charge is 2.17. The van der Waals surface area contributed by atoms with Gasteiger partial charge in [0.2, 0.25) is 0 Å². The summed E-state index contributed by atoms with van der Waals surface area (Å²) in [6.45, 7) is 0.553. The minimum absolute atomic E-state index is 0.0377. The van der Waals surface area contributed by atoms with Crippen molar-refractivity contribution in [3.8, 4) is 0 Å². The van der Waals surface area contributed by atoms with Gasteiger partial charge in [0.25, 0.3) is 0 Å². The number of carbonyl (C=O) groups excluding carboxylic acids is 1. The maximum atomic E-state index is 11.4. The van der Waals surface area contributed by atoms with Gasteiger partial charge in [-0.1, -0.05) is 35.4 Å². The first-order valence-corrected chi connectivity index (χ1v) is 5.14. The van der Waals surface area contributed by atoms with E-state index in [4.69, 9.17) is 5.53 Å². The molecule has 0 saturated heterocycles. The van der Waals surface area contributed by atoms with Crippen LogP contribution in [0.25, 0.3) is 10.4 Å². The van der Waals surface area contributed by atoms with Crippen molar-refractivity contribution in [3.63, 3.8) is 0 Å². The van der Waals surface area contributed by atoms with E-state index in [1.54, 1.807) is 0 Å². The van der Waals surface area contributed by atoms with Crippen LogP contribution in [0.2, 0.25) is 0 Å². The fraction of sp³-hybridized carbons (Fsp3) is 0.364. The number of benzene rings is 1. The van der Waals surface area contributed by atoms with Gasteiger partial charge in [0, 0.05) is 11.5 Å². The minimum atomic E-state index is -0.615. The molecule has 0 aromatic heterocycles. The smallest absolute Gasteiger partial charge is 0.323 e. The molecule has 6 nitrogen and oxygen atoms in total. The standard InChI is InChI=1S/C11H14N4O2/c1-17-11(16)10(8-14-15-12)13-7-9-5-3-2-4-6-9/h2-6,10,13H,7-8H2,1H3. The van der Waals surface area contributed by atoms with Gasteiger partial charge in [0.15, 0.2) is 0 Å². The Hall–Kier alpha value is -2.04. The van der Waals surface area contributed by atoms with Gasteiger partial charge >= 0.3 is 5.97 Å². The van der Waals surface area contributed by atoms with E-state index in [9.17, 15) is 4.79 Å². The van der Waals surface area contributed by atoms with Crippen LogP contribution in [0.5, 0.6) is 0 Å². The van der Waals surface area contributed by atoms with Crippen LogP contribution >= 0.6 is 0 Å². The third kappa shape index (κ3) is 4.55. The summed E-state index contributed by atoms with van der Waals surface area (Å²) in [5.74, 6) is -0.437. The number of carbonyl (C=O) groups is 1. The Morgan fingerprint density at radius 3 is 2.82 bits per heavy atom. The first-order valence-electron chi connectivity index (χ1n) is 5.14. The van der Waals surface area contributed by atoms with Crippen molar-refractivity contribution in [1.82, 2.24) is 5.32 Å². The molecule has 0 aliphatic rings. The predicted molar refractivity (Wildman–Crippen MR) is 63.1 cm³/mol. The Morgan fingerprint density at radius 1 is 1.53 bits per heavy atom. The summed E-state index contributed by atoms with van der Waals surface area (Å²) >= 11 is 0. The molecule has 0 saturated carbocycles. The molecule has 6 heteroatoms. The van der Waals surface area contributed by atoms with E-state index >= 15 is 0 Å². The summed E-state index contributed by atoms with van der Waals surface area (Å²) in [5.41, 5.74) is 9.28. The largest absolute Gasteiger partial charge is 0.468 e. The zero-order chi connectivity index (χ0) is 12.5. The van der Waals surface area contributed by atoms with E-state index in [1.807, 2.05) is 30.3 Å². The van der Waals surface area contributed by atoms with E-state index in [1.165, 1.54) is 7.11 Å². The number of azide groups is 1. The van der Waals surface area contributed by atoms with Gasteiger partial charge in [-0.15, -0.1) is 0 Å². The first kappa shape index (κ1) is 13.0. The highest BCUT2D eigenvalue weighted by Crippen LogP contribution is 1.99. The molecular formula is C11H14N4O2. The van der Waals surface area contributed by atoms with Crippen molar-refractivity contribution in [2.24, 2.45) is 5.11 Å². The molecular weight excluding hydrogens is 220 g/mol. The van der Waals surface area contributed by atoms with E-state index in [0.29, 0.717) is 6.54 Å². The van der Waals surface area contributed by atoms with Gasteiger partial charge in [0.05, 0.1) is 13.7 Å². The molecule has 1 atom stereocenters. The molecule has 0 radical (unpaired) electrons. The first-order chi connectivity index (χ1) is 8.27. The van der Waals surface area contributed by atoms with Crippen LogP contribution in [0.15, 0.2) is 35.4 Å². The van der Waals surface area contributed by atoms with Crippen molar-refractivity contribution in [1.29, 1.82) is 0 Å². The fourth-order valence-corrected chi connectivity index (χ4v) is 1.32. The van der Waals surface area contributed by atoms with E-state index in [2.05, 4.69) is 20.1 Å². The molecule has 0 spiro atoms. The lowest BCUT2D eigenvalue weighted by atomic mass is 10.2. The number of esters is 1. The molecule has 1 aromatic rings. The molecule has 1 unspecified atom stereocenters. The molecule has 0 heterocycles. The van der Waals surface area contributed by atoms with Gasteiger partial charge in [-0.05, 0) is 11.1 Å². The van der Waals surface area contributed by atoms with Crippen molar-refractivity contribution in [2.75, 3.05) is 13.7 Å². The van der Waals surface area contributed by atoms with Crippen LogP contribution in [0.1, 0.15) is 5.56 Å². The summed E-state index contributed by atoms with van der Waals surface area (Å²) in [6.07, 6.45) is 0. The van der Waals surface area contributed by atoms with E-state index in [0.717, 1.165) is 5.56 Å². The molecule has 0 bridgehead atoms. The second-order valence-corrected chi connectivity index (χ2v) is 3.36. The third-order valence-corrected chi connectivity index (χ3v) is 2.21. The molecule has 0 aliphatic carbocycles. The van der Waals surface area contributed by atoms with Gasteiger partial charge in [-0.25, -0.2) is 0 Å². The quantitative estimate of drug-likeness (QED) is 0.351. The fourth-order valence-electron chi connectivity index (χ4n) is 1.32. The zero-order valence-electron chi connectivity index (χ0n) is 9.54. The van der Waals surface area contributed by atoms with Gasteiger partial charge in [0.1, 0.15) is 6.04 Å². The number of hydrogen-bond acceptors (Lipinski definition) is 4. The summed E-state index contributed by atoms with van der Waals surface area (Å²) < 4.78 is 4.61. The van der Waals surface area contributed by atoms with Crippen molar-refractivity contribution in [3.05, 3.63) is 46.3 Å². The zero-order valence-corrected chi connectivity index (χ0v) is 9.54. The van der Waals surface area contributed by atoms with Crippen LogP contribution in [0, 0.1) is 0 Å². The summed E-state index contributed by atoms with van der Waals surface area (Å²) in [5, 5.41) is 6.35. The molecule has 1 aromatic carbocycles. The monoisotopic (exact) mass is 234 g/mol. The van der Waals surface area contributed by atoms with E-state index < -0.39 is 12.0 Å². The summed E-state index contributed by atoms with van der Waals surface area (Å²) in [6, 6.07) is 9.01. The molecule has 17 heavy (non-hydrogen) atoms. The number of nitrogens with one attached hydrogen (secondary N) is 1. The average molecular weight is 234 g/mol. The number of hydrogen-bond donors (Lipinski definition) is 1. The summed E-state index contributed by atoms with van der Waals surface area (Å²) in [4.78, 5) is 14.0. The van der Waals surface area contributed by atoms with Gasteiger partial charge in [-0.2, -0.15) is 0 Å². The Kier molecular flexibility index (Phi) is 5.57. The van der Waals surface area contributed by atoms with E-state index in [-0.39, 0.29) is 6.54 Å². The second-order valence-electron chi connectivity index (χ2n) is 3.36. The lowest BCUT2D eigenvalue weighted by molar-refractivity contribution is -0.142. The highest BCUT2D eigenvalue weighted by molar-refractivity contribution is 5.75. The number of nitrogens with zero attached hydrogens (tertiary/aromatic N) is 3. The van der Waals surface area contributed by atoms with Crippen molar-refractivity contribution >= 4 is 5.97 Å².